The quantitative estimate of drug-likeness (QED) is 0.488. The van der Waals surface area contributed by atoms with E-state index in [0.717, 1.165) is 17.7 Å². The SMILES string of the molecule is CCOCOc1ccccc1CCc1cc(=O)c2ccccc2o1. The average Bonchev–Trinajstić information content (AvgIpc) is 2.61. The van der Waals surface area contributed by atoms with Crippen LogP contribution < -0.4 is 10.2 Å². The maximum Gasteiger partial charge on any atom is 0.192 e. The van der Waals surface area contributed by atoms with Crippen LogP contribution in [0.15, 0.2) is 63.8 Å². The van der Waals surface area contributed by atoms with Crippen LogP contribution in [0.1, 0.15) is 18.2 Å². The lowest BCUT2D eigenvalue weighted by Gasteiger charge is -2.11. The van der Waals surface area contributed by atoms with Crippen molar-refractivity contribution in [1.29, 1.82) is 0 Å². The molecule has 2 aromatic carbocycles. The summed E-state index contributed by atoms with van der Waals surface area (Å²) in [6.45, 7) is 2.78. The molecule has 0 aliphatic carbocycles. The van der Waals surface area contributed by atoms with Gasteiger partial charge in [-0.1, -0.05) is 30.3 Å². The van der Waals surface area contributed by atoms with Gasteiger partial charge in [-0.05, 0) is 37.1 Å². The zero-order valence-electron chi connectivity index (χ0n) is 13.7. The van der Waals surface area contributed by atoms with E-state index < -0.39 is 0 Å². The molecule has 0 radical (unpaired) electrons. The van der Waals surface area contributed by atoms with Gasteiger partial charge < -0.3 is 13.9 Å². The minimum atomic E-state index is -0.00673. The Labute approximate surface area is 140 Å². The van der Waals surface area contributed by atoms with E-state index in [9.17, 15) is 4.79 Å². The van der Waals surface area contributed by atoms with Gasteiger partial charge in [0.2, 0.25) is 0 Å². The summed E-state index contributed by atoms with van der Waals surface area (Å²) in [5.74, 6) is 1.48. The van der Waals surface area contributed by atoms with E-state index in [-0.39, 0.29) is 12.2 Å². The van der Waals surface area contributed by atoms with Crippen LogP contribution >= 0.6 is 0 Å². The molecular formula is C20H20O4. The van der Waals surface area contributed by atoms with E-state index in [4.69, 9.17) is 13.9 Å². The van der Waals surface area contributed by atoms with Gasteiger partial charge in [0.1, 0.15) is 17.1 Å². The molecule has 0 unspecified atom stereocenters. The summed E-state index contributed by atoms with van der Waals surface area (Å²) >= 11 is 0. The van der Waals surface area contributed by atoms with Gasteiger partial charge in [-0.15, -0.1) is 0 Å². The molecule has 0 saturated heterocycles. The minimum absolute atomic E-state index is 0.00673. The molecule has 3 rings (SSSR count). The molecule has 0 atom stereocenters. The van der Waals surface area contributed by atoms with Gasteiger partial charge in [-0.3, -0.25) is 4.79 Å². The van der Waals surface area contributed by atoms with Crippen LogP contribution in [-0.2, 0) is 17.6 Å². The predicted octanol–water partition coefficient (Wildman–Crippen LogP) is 3.95. The molecule has 0 spiro atoms. The lowest BCUT2D eigenvalue weighted by atomic mass is 10.1. The fraction of sp³-hybridized carbons (Fsp3) is 0.250. The van der Waals surface area contributed by atoms with Crippen LogP contribution in [0, 0.1) is 0 Å². The highest BCUT2D eigenvalue weighted by molar-refractivity contribution is 5.76. The molecular weight excluding hydrogens is 304 g/mol. The van der Waals surface area contributed by atoms with E-state index in [1.54, 1.807) is 12.1 Å². The monoisotopic (exact) mass is 324 g/mol. The predicted molar refractivity (Wildman–Crippen MR) is 93.5 cm³/mol. The van der Waals surface area contributed by atoms with Gasteiger partial charge in [0, 0.05) is 19.1 Å². The van der Waals surface area contributed by atoms with Gasteiger partial charge in [0.05, 0.1) is 5.39 Å². The van der Waals surface area contributed by atoms with Gasteiger partial charge >= 0.3 is 0 Å². The zero-order chi connectivity index (χ0) is 16.8. The first-order chi connectivity index (χ1) is 11.8. The molecule has 0 fully saturated rings. The summed E-state index contributed by atoms with van der Waals surface area (Å²) in [5, 5.41) is 0.613. The zero-order valence-corrected chi connectivity index (χ0v) is 13.7. The second kappa shape index (κ2) is 7.79. The van der Waals surface area contributed by atoms with Crippen molar-refractivity contribution in [3.8, 4) is 5.75 Å². The number of ether oxygens (including phenoxy) is 2. The Kier molecular flexibility index (Phi) is 5.29. The van der Waals surface area contributed by atoms with Crippen molar-refractivity contribution in [1.82, 2.24) is 0 Å². The molecule has 0 bridgehead atoms. The number of para-hydroxylation sites is 2. The fourth-order valence-electron chi connectivity index (χ4n) is 2.57. The topological polar surface area (TPSA) is 48.7 Å². The molecule has 0 amide bonds. The lowest BCUT2D eigenvalue weighted by molar-refractivity contribution is 0.0218. The Balaban J connectivity index is 1.75. The lowest BCUT2D eigenvalue weighted by Crippen LogP contribution is -2.06. The van der Waals surface area contributed by atoms with Crippen molar-refractivity contribution in [2.24, 2.45) is 0 Å². The highest BCUT2D eigenvalue weighted by Crippen LogP contribution is 2.21. The first-order valence-electron chi connectivity index (χ1n) is 8.08. The number of hydrogen-bond acceptors (Lipinski definition) is 4. The third kappa shape index (κ3) is 3.84. The van der Waals surface area contributed by atoms with E-state index in [1.165, 1.54) is 0 Å². The third-order valence-corrected chi connectivity index (χ3v) is 3.80. The summed E-state index contributed by atoms with van der Waals surface area (Å²) < 4.78 is 16.7. The number of aryl methyl sites for hydroxylation is 2. The van der Waals surface area contributed by atoms with Gasteiger partial charge in [0.25, 0.3) is 0 Å². The third-order valence-electron chi connectivity index (χ3n) is 3.80. The smallest absolute Gasteiger partial charge is 0.192 e. The van der Waals surface area contributed by atoms with Gasteiger partial charge in [-0.25, -0.2) is 0 Å². The number of hydrogen-bond donors (Lipinski definition) is 0. The molecule has 0 saturated carbocycles. The number of rotatable bonds is 7. The van der Waals surface area contributed by atoms with E-state index in [1.807, 2.05) is 49.4 Å². The van der Waals surface area contributed by atoms with Crippen LogP contribution in [0.2, 0.25) is 0 Å². The van der Waals surface area contributed by atoms with Crippen LogP contribution in [0.25, 0.3) is 11.0 Å². The first-order valence-corrected chi connectivity index (χ1v) is 8.08. The summed E-state index contributed by atoms with van der Waals surface area (Å²) in [7, 11) is 0. The normalized spacial score (nSPS) is 10.9. The van der Waals surface area contributed by atoms with Crippen molar-refractivity contribution >= 4 is 11.0 Å². The minimum Gasteiger partial charge on any atom is -0.467 e. The summed E-state index contributed by atoms with van der Waals surface area (Å²) in [6.07, 6.45) is 1.36. The highest BCUT2D eigenvalue weighted by atomic mass is 16.7. The number of benzene rings is 2. The van der Waals surface area contributed by atoms with Gasteiger partial charge in [0.15, 0.2) is 12.2 Å². The Morgan fingerprint density at radius 2 is 1.79 bits per heavy atom. The molecule has 0 N–H and O–H groups in total. The Hall–Kier alpha value is -2.59. The molecule has 1 aromatic heterocycles. The molecule has 124 valence electrons. The molecule has 4 heteroatoms. The van der Waals surface area contributed by atoms with Crippen LogP contribution in [-0.4, -0.2) is 13.4 Å². The summed E-state index contributed by atoms with van der Waals surface area (Å²) in [4.78, 5) is 12.2. The van der Waals surface area contributed by atoms with Crippen LogP contribution in [0.4, 0.5) is 0 Å². The van der Waals surface area contributed by atoms with Crippen molar-refractivity contribution in [2.75, 3.05) is 13.4 Å². The maximum absolute atomic E-state index is 12.2. The van der Waals surface area contributed by atoms with Crippen molar-refractivity contribution in [3.63, 3.8) is 0 Å². The average molecular weight is 324 g/mol. The van der Waals surface area contributed by atoms with Crippen LogP contribution in [0.5, 0.6) is 5.75 Å². The summed E-state index contributed by atoms with van der Waals surface area (Å²) in [5.41, 5.74) is 1.68. The summed E-state index contributed by atoms with van der Waals surface area (Å²) in [6, 6.07) is 16.7. The Morgan fingerprint density at radius 3 is 2.67 bits per heavy atom. The van der Waals surface area contributed by atoms with E-state index in [2.05, 4.69) is 0 Å². The Morgan fingerprint density at radius 1 is 1.00 bits per heavy atom. The largest absolute Gasteiger partial charge is 0.467 e. The Bertz CT molecular complexity index is 867. The fourth-order valence-corrected chi connectivity index (χ4v) is 2.57. The van der Waals surface area contributed by atoms with E-state index in [0.29, 0.717) is 29.8 Å². The highest BCUT2D eigenvalue weighted by Gasteiger charge is 2.07. The van der Waals surface area contributed by atoms with Crippen LogP contribution in [0.3, 0.4) is 0 Å². The van der Waals surface area contributed by atoms with Gasteiger partial charge in [-0.2, -0.15) is 0 Å². The first kappa shape index (κ1) is 16.3. The number of fused-ring (bicyclic) bond motifs is 1. The van der Waals surface area contributed by atoms with Crippen molar-refractivity contribution in [3.05, 3.63) is 76.1 Å². The van der Waals surface area contributed by atoms with Crippen molar-refractivity contribution < 1.29 is 13.9 Å². The molecule has 0 aliphatic heterocycles. The molecule has 24 heavy (non-hydrogen) atoms. The molecule has 4 nitrogen and oxygen atoms in total. The second-order valence-corrected chi connectivity index (χ2v) is 5.44. The maximum atomic E-state index is 12.2. The second-order valence-electron chi connectivity index (χ2n) is 5.44. The van der Waals surface area contributed by atoms with Crippen molar-refractivity contribution in [2.45, 2.75) is 19.8 Å². The van der Waals surface area contributed by atoms with E-state index >= 15 is 0 Å². The molecule has 1 heterocycles. The molecule has 0 aliphatic rings. The standard InChI is InChI=1S/C20H20O4/c1-2-22-14-23-19-9-5-3-7-15(19)11-12-16-13-18(21)17-8-4-6-10-20(17)24-16/h3-10,13H,2,11-12,14H2,1H3. The molecule has 3 aromatic rings.